The number of anilines is 1. The Bertz CT molecular complexity index is 1830. The molecule has 0 radical (unpaired) electrons. The molecule has 2 aliphatic rings. The molecule has 4 heterocycles. The molecular formula is C34H36N4O4S. The van der Waals surface area contributed by atoms with Gasteiger partial charge in [-0.05, 0) is 37.1 Å². The van der Waals surface area contributed by atoms with Crippen LogP contribution in [0.3, 0.4) is 0 Å². The Balaban J connectivity index is 1.51. The highest BCUT2D eigenvalue weighted by atomic mass is 32.1. The third-order valence-electron chi connectivity index (χ3n) is 7.99. The Hall–Kier alpha value is -4.21. The number of thiazole rings is 1. The lowest BCUT2D eigenvalue weighted by atomic mass is 9.91. The largest absolute Gasteiger partial charge is 0.463 e. The number of likely N-dealkylation sites (N-methyl/N-ethyl adjacent to an activating group) is 1. The van der Waals surface area contributed by atoms with Crippen molar-refractivity contribution in [2.75, 3.05) is 44.7 Å². The van der Waals surface area contributed by atoms with Crippen molar-refractivity contribution in [3.05, 3.63) is 114 Å². The van der Waals surface area contributed by atoms with Crippen molar-refractivity contribution in [1.29, 1.82) is 0 Å². The number of carbonyl (C=O) groups excluding carboxylic acids is 1. The van der Waals surface area contributed by atoms with Gasteiger partial charge in [-0.3, -0.25) is 9.36 Å². The number of ether oxygens (including phenoxy) is 1. The predicted octanol–water partition coefficient (Wildman–Crippen LogP) is 4.40. The number of piperazine rings is 1. The number of rotatable bonds is 7. The van der Waals surface area contributed by atoms with E-state index in [-0.39, 0.29) is 12.2 Å². The number of furan rings is 1. The molecule has 0 N–H and O–H groups in total. The molecule has 1 unspecified atom stereocenters. The summed E-state index contributed by atoms with van der Waals surface area (Å²) in [5.41, 5.74) is 3.41. The Morgan fingerprint density at radius 2 is 1.77 bits per heavy atom. The highest BCUT2D eigenvalue weighted by Crippen LogP contribution is 2.35. The number of aromatic nitrogens is 1. The van der Waals surface area contributed by atoms with Crippen LogP contribution in [0, 0.1) is 0 Å². The van der Waals surface area contributed by atoms with E-state index in [1.54, 1.807) is 17.6 Å². The second-order valence-corrected chi connectivity index (χ2v) is 12.2. The average Bonchev–Trinajstić information content (AvgIpc) is 3.61. The number of benzene rings is 2. The number of esters is 1. The van der Waals surface area contributed by atoms with Crippen LogP contribution < -0.4 is 19.8 Å². The van der Waals surface area contributed by atoms with Crippen molar-refractivity contribution in [3.63, 3.8) is 0 Å². The molecule has 0 aliphatic carbocycles. The van der Waals surface area contributed by atoms with E-state index in [9.17, 15) is 9.59 Å². The van der Waals surface area contributed by atoms with Gasteiger partial charge < -0.3 is 19.0 Å². The molecule has 2 aromatic heterocycles. The second kappa shape index (κ2) is 12.2. The van der Waals surface area contributed by atoms with E-state index in [1.165, 1.54) is 16.9 Å². The van der Waals surface area contributed by atoms with Crippen molar-refractivity contribution in [2.24, 2.45) is 4.99 Å². The highest BCUT2D eigenvalue weighted by Gasteiger charge is 2.35. The Morgan fingerprint density at radius 3 is 2.44 bits per heavy atom. The average molecular weight is 597 g/mol. The van der Waals surface area contributed by atoms with Crippen LogP contribution in [-0.2, 0) is 9.53 Å². The third kappa shape index (κ3) is 5.75. The summed E-state index contributed by atoms with van der Waals surface area (Å²) in [7, 11) is 2.12. The molecule has 2 aromatic carbocycles. The molecule has 0 bridgehead atoms. The minimum Gasteiger partial charge on any atom is -0.463 e. The highest BCUT2D eigenvalue weighted by molar-refractivity contribution is 7.07. The summed E-state index contributed by atoms with van der Waals surface area (Å²) in [5.74, 6) is 1.26. The molecule has 9 heteroatoms. The van der Waals surface area contributed by atoms with Gasteiger partial charge in [0.05, 0.1) is 28.5 Å². The van der Waals surface area contributed by atoms with E-state index in [0.29, 0.717) is 32.3 Å². The zero-order valence-corrected chi connectivity index (χ0v) is 25.8. The van der Waals surface area contributed by atoms with Gasteiger partial charge in [-0.25, -0.2) is 9.79 Å². The first kappa shape index (κ1) is 28.9. The van der Waals surface area contributed by atoms with E-state index < -0.39 is 12.0 Å². The topological polar surface area (TPSA) is 80.3 Å². The molecule has 4 aromatic rings. The van der Waals surface area contributed by atoms with Crippen molar-refractivity contribution >= 4 is 35.0 Å². The molecule has 1 fully saturated rings. The Labute approximate surface area is 254 Å². The standard InChI is InChI=1S/C34H36N4O4S/c1-5-41-33(40)29-30(24-9-7-6-8-10-24)35-34-38(31(29)25-13-11-23(12-14-25)22(2)3)32(39)27(43-34)21-26-15-16-28(42-26)37-19-17-36(4)18-20-37/h6-16,21-22,31H,5,17-20H2,1-4H3/b27-21-. The fraction of sp³-hybridized carbons (Fsp3) is 0.324. The van der Waals surface area contributed by atoms with Gasteiger partial charge in [0, 0.05) is 43.9 Å². The van der Waals surface area contributed by atoms with Crippen molar-refractivity contribution in [3.8, 4) is 0 Å². The zero-order valence-electron chi connectivity index (χ0n) is 24.9. The van der Waals surface area contributed by atoms with Crippen molar-refractivity contribution in [2.45, 2.75) is 32.7 Å². The minimum absolute atomic E-state index is 0.210. The van der Waals surface area contributed by atoms with Gasteiger partial charge in [0.25, 0.3) is 5.56 Å². The van der Waals surface area contributed by atoms with Gasteiger partial charge in [0.2, 0.25) is 0 Å². The lowest BCUT2D eigenvalue weighted by molar-refractivity contribution is -0.138. The van der Waals surface area contributed by atoms with Gasteiger partial charge in [-0.2, -0.15) is 0 Å². The normalized spacial score (nSPS) is 17.7. The summed E-state index contributed by atoms with van der Waals surface area (Å²) in [6.45, 7) is 9.99. The summed E-state index contributed by atoms with van der Waals surface area (Å²) in [6, 6.07) is 20.9. The maximum absolute atomic E-state index is 14.1. The summed E-state index contributed by atoms with van der Waals surface area (Å²) >= 11 is 1.30. The third-order valence-corrected chi connectivity index (χ3v) is 8.98. The van der Waals surface area contributed by atoms with E-state index in [2.05, 4.69) is 42.8 Å². The molecular weight excluding hydrogens is 560 g/mol. The molecule has 1 atom stereocenters. The van der Waals surface area contributed by atoms with E-state index in [4.69, 9.17) is 14.1 Å². The predicted molar refractivity (Wildman–Crippen MR) is 170 cm³/mol. The Kier molecular flexibility index (Phi) is 8.19. The van der Waals surface area contributed by atoms with Crippen LogP contribution in [0.2, 0.25) is 0 Å². The molecule has 0 spiro atoms. The molecule has 0 saturated carbocycles. The molecule has 0 amide bonds. The number of fused-ring (bicyclic) bond motifs is 1. The Morgan fingerprint density at radius 1 is 1.05 bits per heavy atom. The van der Waals surface area contributed by atoms with Crippen LogP contribution in [0.5, 0.6) is 0 Å². The van der Waals surface area contributed by atoms with Gasteiger partial charge in [0.15, 0.2) is 10.7 Å². The van der Waals surface area contributed by atoms with Gasteiger partial charge in [-0.1, -0.05) is 79.8 Å². The molecule has 8 nitrogen and oxygen atoms in total. The van der Waals surface area contributed by atoms with Crippen LogP contribution in [0.1, 0.15) is 55.2 Å². The minimum atomic E-state index is -0.702. The van der Waals surface area contributed by atoms with Crippen molar-refractivity contribution < 1.29 is 13.9 Å². The maximum Gasteiger partial charge on any atom is 0.338 e. The summed E-state index contributed by atoms with van der Waals surface area (Å²) < 4.78 is 13.9. The first-order valence-corrected chi connectivity index (χ1v) is 15.6. The van der Waals surface area contributed by atoms with Crippen molar-refractivity contribution in [1.82, 2.24) is 9.47 Å². The number of nitrogens with zero attached hydrogens (tertiary/aromatic N) is 4. The SMILES string of the molecule is CCOC(=O)C1=C(c2ccccc2)N=c2s/c(=C\c3ccc(N4CCN(C)CC4)o3)c(=O)n2C1c1ccc(C(C)C)cc1. The second-order valence-electron chi connectivity index (χ2n) is 11.2. The van der Waals surface area contributed by atoms with Crippen LogP contribution >= 0.6 is 11.3 Å². The van der Waals surface area contributed by atoms with Crippen LogP contribution in [-0.4, -0.2) is 55.3 Å². The quantitative estimate of drug-likeness (QED) is 0.294. The fourth-order valence-corrected chi connectivity index (χ4v) is 6.55. The summed E-state index contributed by atoms with van der Waals surface area (Å²) in [4.78, 5) is 37.8. The number of hydrogen-bond acceptors (Lipinski definition) is 8. The zero-order chi connectivity index (χ0) is 30.1. The van der Waals surface area contributed by atoms with Gasteiger partial charge >= 0.3 is 5.97 Å². The van der Waals surface area contributed by atoms with E-state index in [0.717, 1.165) is 43.2 Å². The summed E-state index contributed by atoms with van der Waals surface area (Å²) in [6.07, 6.45) is 1.78. The van der Waals surface area contributed by atoms with E-state index in [1.807, 2.05) is 54.6 Å². The summed E-state index contributed by atoms with van der Waals surface area (Å²) in [5, 5.41) is 0. The van der Waals surface area contributed by atoms with Crippen LogP contribution in [0.4, 0.5) is 5.88 Å². The monoisotopic (exact) mass is 596 g/mol. The molecule has 43 heavy (non-hydrogen) atoms. The maximum atomic E-state index is 14.1. The smallest absolute Gasteiger partial charge is 0.338 e. The van der Waals surface area contributed by atoms with E-state index >= 15 is 0 Å². The molecule has 1 saturated heterocycles. The molecule has 222 valence electrons. The fourth-order valence-electron chi connectivity index (χ4n) is 5.56. The first-order chi connectivity index (χ1) is 20.8. The van der Waals surface area contributed by atoms with Crippen LogP contribution in [0.25, 0.3) is 11.8 Å². The number of carbonyl (C=O) groups is 1. The number of hydrogen-bond donors (Lipinski definition) is 0. The molecule has 6 rings (SSSR count). The lowest BCUT2D eigenvalue weighted by Crippen LogP contribution is -2.44. The lowest BCUT2D eigenvalue weighted by Gasteiger charge is -2.32. The van der Waals surface area contributed by atoms with Gasteiger partial charge in [0.1, 0.15) is 5.76 Å². The molecule has 2 aliphatic heterocycles. The van der Waals surface area contributed by atoms with Crippen LogP contribution in [0.15, 0.2) is 86.5 Å². The first-order valence-electron chi connectivity index (χ1n) is 14.8. The van der Waals surface area contributed by atoms with Gasteiger partial charge in [-0.15, -0.1) is 0 Å².